The van der Waals surface area contributed by atoms with Crippen molar-refractivity contribution in [1.82, 2.24) is 31.9 Å². The number of anilines is 1. The van der Waals surface area contributed by atoms with E-state index in [0.717, 1.165) is 0 Å². The standard InChI is InChI=1S/C34H42N8O12/c35-22(13-26(44)40-23-10-11-54-34(23)53)31(50)42-25(14-30(48)49)33(52)37-15-27(45)36-16-29(47)41-24(12-19-4-2-1-3-5-19)32(51)38-17-28(46)39-21-8-6-20(18-43)7-9-21/h1-9,22-25,43H,10-18,35H2,(H,36,45)(H,37,52)(H,38,51)(H,39,46)(H,40,44)(H,41,47)(H,42,50)(H,48,49)/t22-,23-,24-,25-/m0/s1. The maximum Gasteiger partial charge on any atom is 0.328 e. The van der Waals surface area contributed by atoms with Crippen molar-refractivity contribution in [2.75, 3.05) is 31.6 Å². The highest BCUT2D eigenvalue weighted by Crippen LogP contribution is 2.10. The molecule has 0 saturated carbocycles. The van der Waals surface area contributed by atoms with Crippen LogP contribution in [0.3, 0.4) is 0 Å². The number of nitrogens with two attached hydrogens (primary N) is 1. The van der Waals surface area contributed by atoms with E-state index in [1.807, 2.05) is 0 Å². The fourth-order valence-corrected chi connectivity index (χ4v) is 4.86. The van der Waals surface area contributed by atoms with E-state index in [4.69, 9.17) is 15.6 Å². The lowest BCUT2D eigenvalue weighted by Crippen LogP contribution is -2.54. The molecule has 290 valence electrons. The Morgan fingerprint density at radius 1 is 0.722 bits per heavy atom. The molecular formula is C34H42N8O12. The molecule has 0 spiro atoms. The van der Waals surface area contributed by atoms with E-state index >= 15 is 0 Å². The van der Waals surface area contributed by atoms with Crippen molar-refractivity contribution in [3.8, 4) is 0 Å². The Kier molecular flexibility index (Phi) is 16.5. The number of aliphatic carboxylic acids is 1. The molecule has 0 radical (unpaired) electrons. The lowest BCUT2D eigenvalue weighted by molar-refractivity contribution is -0.141. The van der Waals surface area contributed by atoms with Crippen LogP contribution in [0.5, 0.6) is 0 Å². The largest absolute Gasteiger partial charge is 0.481 e. The predicted molar refractivity (Wildman–Crippen MR) is 186 cm³/mol. The first-order chi connectivity index (χ1) is 25.7. The first kappa shape index (κ1) is 42.0. The van der Waals surface area contributed by atoms with E-state index in [9.17, 15) is 48.3 Å². The van der Waals surface area contributed by atoms with Gasteiger partial charge in [0.1, 0.15) is 18.1 Å². The van der Waals surface area contributed by atoms with E-state index in [2.05, 4.69) is 37.2 Å². The summed E-state index contributed by atoms with van der Waals surface area (Å²) in [5.74, 6) is -7.92. The molecule has 7 amide bonds. The number of aliphatic hydroxyl groups excluding tert-OH is 1. The zero-order valence-corrected chi connectivity index (χ0v) is 28.9. The van der Waals surface area contributed by atoms with Crippen LogP contribution in [-0.2, 0) is 60.9 Å². The van der Waals surface area contributed by atoms with E-state index in [1.165, 1.54) is 0 Å². The van der Waals surface area contributed by atoms with Gasteiger partial charge >= 0.3 is 11.9 Å². The number of ether oxygens (including phenoxy) is 1. The fraction of sp³-hybridized carbons (Fsp3) is 0.382. The van der Waals surface area contributed by atoms with Gasteiger partial charge in [0.15, 0.2) is 0 Å². The summed E-state index contributed by atoms with van der Waals surface area (Å²) in [6, 6.07) is 9.79. The molecule has 1 aliphatic heterocycles. The average Bonchev–Trinajstić information content (AvgIpc) is 3.54. The number of cyclic esters (lactones) is 1. The van der Waals surface area contributed by atoms with Crippen LogP contribution < -0.4 is 43.0 Å². The number of carbonyl (C=O) groups is 9. The summed E-state index contributed by atoms with van der Waals surface area (Å²) < 4.78 is 4.74. The molecule has 2 aromatic carbocycles. The van der Waals surface area contributed by atoms with Crippen LogP contribution in [0.25, 0.3) is 0 Å². The summed E-state index contributed by atoms with van der Waals surface area (Å²) in [6.07, 6.45) is -1.22. The number of carboxylic acids is 1. The Morgan fingerprint density at radius 2 is 1.35 bits per heavy atom. The molecule has 0 aromatic heterocycles. The Labute approximate surface area is 308 Å². The molecule has 2 aromatic rings. The molecule has 0 unspecified atom stereocenters. The van der Waals surface area contributed by atoms with Crippen molar-refractivity contribution in [3.63, 3.8) is 0 Å². The highest BCUT2D eigenvalue weighted by Gasteiger charge is 2.31. The van der Waals surface area contributed by atoms with Crippen molar-refractivity contribution >= 4 is 59.0 Å². The molecule has 1 fully saturated rings. The topological polar surface area (TPSA) is 314 Å². The monoisotopic (exact) mass is 754 g/mol. The van der Waals surface area contributed by atoms with Crippen LogP contribution in [0, 0.1) is 0 Å². The van der Waals surface area contributed by atoms with Gasteiger partial charge in [0, 0.05) is 18.5 Å². The number of hydrogen-bond acceptors (Lipinski definition) is 12. The highest BCUT2D eigenvalue weighted by molar-refractivity contribution is 5.97. The van der Waals surface area contributed by atoms with E-state index in [1.54, 1.807) is 54.6 Å². The molecule has 3 rings (SSSR count). The summed E-state index contributed by atoms with van der Waals surface area (Å²) in [4.78, 5) is 111. The minimum absolute atomic E-state index is 0.0346. The molecule has 20 nitrogen and oxygen atoms in total. The van der Waals surface area contributed by atoms with Crippen molar-refractivity contribution in [1.29, 1.82) is 0 Å². The van der Waals surface area contributed by atoms with Crippen molar-refractivity contribution < 1.29 is 58.1 Å². The predicted octanol–water partition coefficient (Wildman–Crippen LogP) is -3.70. The molecule has 4 atom stereocenters. The van der Waals surface area contributed by atoms with Gasteiger partial charge in [-0.15, -0.1) is 0 Å². The van der Waals surface area contributed by atoms with Gasteiger partial charge in [-0.05, 0) is 23.3 Å². The number of hydrogen-bond donors (Lipinski definition) is 10. The first-order valence-corrected chi connectivity index (χ1v) is 16.6. The molecule has 11 N–H and O–H groups in total. The second kappa shape index (κ2) is 21.2. The van der Waals surface area contributed by atoms with Crippen LogP contribution in [0.2, 0.25) is 0 Å². The molecule has 0 aliphatic carbocycles. The summed E-state index contributed by atoms with van der Waals surface area (Å²) in [6.45, 7) is -1.85. The number of benzene rings is 2. The number of esters is 1. The number of amides is 7. The van der Waals surface area contributed by atoms with Crippen LogP contribution in [-0.4, -0.2) is 114 Å². The molecular weight excluding hydrogens is 712 g/mol. The number of rotatable bonds is 20. The molecule has 54 heavy (non-hydrogen) atoms. The van der Waals surface area contributed by atoms with Crippen molar-refractivity contribution in [2.45, 2.75) is 56.5 Å². The van der Waals surface area contributed by atoms with Gasteiger partial charge in [-0.1, -0.05) is 42.5 Å². The Bertz CT molecular complexity index is 1690. The number of aliphatic hydroxyl groups is 1. The number of carbonyl (C=O) groups excluding carboxylic acids is 8. The van der Waals surface area contributed by atoms with E-state index < -0.39 is 110 Å². The summed E-state index contributed by atoms with van der Waals surface area (Å²) in [5.41, 5.74) is 7.50. The fourth-order valence-electron chi connectivity index (χ4n) is 4.86. The first-order valence-electron chi connectivity index (χ1n) is 16.6. The number of carboxylic acid groups (broad SMARTS) is 1. The van der Waals surface area contributed by atoms with Crippen LogP contribution in [0.1, 0.15) is 30.4 Å². The third kappa shape index (κ3) is 14.7. The maximum atomic E-state index is 13.0. The zero-order valence-electron chi connectivity index (χ0n) is 28.9. The summed E-state index contributed by atoms with van der Waals surface area (Å²) in [7, 11) is 0. The zero-order chi connectivity index (χ0) is 39.6. The molecule has 0 bridgehead atoms. The second-order valence-electron chi connectivity index (χ2n) is 12.0. The van der Waals surface area contributed by atoms with Crippen molar-refractivity contribution in [3.05, 3.63) is 65.7 Å². The van der Waals surface area contributed by atoms with Gasteiger partial charge < -0.3 is 57.9 Å². The lowest BCUT2D eigenvalue weighted by atomic mass is 10.1. The van der Waals surface area contributed by atoms with Gasteiger partial charge in [0.2, 0.25) is 41.4 Å². The molecule has 1 heterocycles. The van der Waals surface area contributed by atoms with Gasteiger partial charge in [-0.3, -0.25) is 38.4 Å². The molecule has 1 saturated heterocycles. The van der Waals surface area contributed by atoms with Crippen LogP contribution >= 0.6 is 0 Å². The van der Waals surface area contributed by atoms with Crippen LogP contribution in [0.15, 0.2) is 54.6 Å². The second-order valence-corrected chi connectivity index (χ2v) is 12.0. The minimum Gasteiger partial charge on any atom is -0.481 e. The normalized spacial score (nSPS) is 14.9. The lowest BCUT2D eigenvalue weighted by Gasteiger charge is -2.20. The van der Waals surface area contributed by atoms with Crippen LogP contribution in [0.4, 0.5) is 5.69 Å². The van der Waals surface area contributed by atoms with Gasteiger partial charge in [-0.25, -0.2) is 4.79 Å². The van der Waals surface area contributed by atoms with E-state index in [-0.39, 0.29) is 26.1 Å². The molecule has 20 heteroatoms. The smallest absolute Gasteiger partial charge is 0.328 e. The Hall–Kier alpha value is -6.41. The summed E-state index contributed by atoms with van der Waals surface area (Å²) in [5, 5.41) is 34.8. The summed E-state index contributed by atoms with van der Waals surface area (Å²) >= 11 is 0. The van der Waals surface area contributed by atoms with Crippen molar-refractivity contribution in [2.24, 2.45) is 5.73 Å². The number of nitrogens with one attached hydrogen (secondary N) is 7. The van der Waals surface area contributed by atoms with E-state index in [0.29, 0.717) is 16.8 Å². The Balaban J connectivity index is 1.47. The highest BCUT2D eigenvalue weighted by atomic mass is 16.5. The van der Waals surface area contributed by atoms with Gasteiger partial charge in [0.05, 0.1) is 51.7 Å². The minimum atomic E-state index is -1.70. The SMILES string of the molecule is N[C@@H](CC(=O)N[C@H]1CCOC1=O)C(=O)N[C@@H](CC(=O)O)C(=O)NCC(=O)NCC(=O)N[C@@H](Cc1ccccc1)C(=O)NCC(=O)Nc1ccc(CO)cc1. The quantitative estimate of drug-likeness (QED) is 0.0583. The van der Waals surface area contributed by atoms with Gasteiger partial charge in [0.25, 0.3) is 0 Å². The third-order valence-electron chi connectivity index (χ3n) is 7.67. The Morgan fingerprint density at radius 3 is 1.96 bits per heavy atom. The van der Waals surface area contributed by atoms with Gasteiger partial charge in [-0.2, -0.15) is 0 Å². The molecule has 1 aliphatic rings. The third-order valence-corrected chi connectivity index (χ3v) is 7.67. The maximum absolute atomic E-state index is 13.0. The average molecular weight is 755 g/mol.